The molecule has 0 amide bonds. The van der Waals surface area contributed by atoms with Gasteiger partial charge < -0.3 is 5.11 Å². The summed E-state index contributed by atoms with van der Waals surface area (Å²) in [6, 6.07) is 20.9. The lowest BCUT2D eigenvalue weighted by Crippen LogP contribution is -2.41. The Kier molecular flexibility index (Phi) is 4.90. The number of likely N-dealkylation sites (tertiary alicyclic amines) is 1. The second-order valence-corrected chi connectivity index (χ2v) is 7.39. The zero-order valence-corrected chi connectivity index (χ0v) is 15.5. The van der Waals surface area contributed by atoms with Crippen LogP contribution in [0.2, 0.25) is 0 Å². The second-order valence-electron chi connectivity index (χ2n) is 7.39. The number of carboxylic acids is 1. The average Bonchev–Trinajstić information content (AvgIpc) is 2.68. The van der Waals surface area contributed by atoms with Crippen molar-refractivity contribution in [1.82, 2.24) is 9.88 Å². The second kappa shape index (κ2) is 7.49. The zero-order valence-electron chi connectivity index (χ0n) is 15.5. The topological polar surface area (TPSA) is 53.4 Å². The van der Waals surface area contributed by atoms with Crippen LogP contribution in [0.25, 0.3) is 10.8 Å². The molecule has 1 aromatic heterocycles. The van der Waals surface area contributed by atoms with Crippen LogP contribution in [0.5, 0.6) is 0 Å². The minimum Gasteiger partial charge on any atom is -0.481 e. The highest BCUT2D eigenvalue weighted by atomic mass is 16.4. The van der Waals surface area contributed by atoms with Gasteiger partial charge in [-0.25, -0.2) is 0 Å². The molecule has 2 heterocycles. The fourth-order valence-electron chi connectivity index (χ4n) is 4.11. The minimum absolute atomic E-state index is 0.0309. The van der Waals surface area contributed by atoms with Gasteiger partial charge in [0.1, 0.15) is 0 Å². The van der Waals surface area contributed by atoms with Gasteiger partial charge in [-0.1, -0.05) is 42.5 Å². The fourth-order valence-corrected chi connectivity index (χ4v) is 4.11. The Morgan fingerprint density at radius 3 is 2.70 bits per heavy atom. The van der Waals surface area contributed by atoms with E-state index in [1.165, 1.54) is 10.8 Å². The van der Waals surface area contributed by atoms with Crippen LogP contribution < -0.4 is 0 Å². The van der Waals surface area contributed by atoms with Crippen molar-refractivity contribution in [1.29, 1.82) is 0 Å². The molecule has 0 saturated carbocycles. The maximum absolute atomic E-state index is 11.6. The number of rotatable bonds is 4. The number of aromatic nitrogens is 1. The number of nitrogens with zero attached hydrogens (tertiary/aromatic N) is 2. The van der Waals surface area contributed by atoms with Crippen LogP contribution in [-0.2, 0) is 4.79 Å². The number of carboxylic acid groups (broad SMARTS) is 1. The first-order chi connectivity index (χ1) is 13.1. The Hall–Kier alpha value is -2.72. The van der Waals surface area contributed by atoms with Crippen LogP contribution in [0.4, 0.5) is 0 Å². The van der Waals surface area contributed by atoms with Gasteiger partial charge in [-0.2, -0.15) is 0 Å². The normalized spacial score (nSPS) is 19.1. The lowest BCUT2D eigenvalue weighted by molar-refractivity contribution is -0.143. The number of benzene rings is 2. The van der Waals surface area contributed by atoms with Crippen molar-refractivity contribution in [3.63, 3.8) is 0 Å². The van der Waals surface area contributed by atoms with Crippen LogP contribution in [0.1, 0.15) is 35.8 Å². The van der Waals surface area contributed by atoms with Crippen LogP contribution in [0.3, 0.4) is 0 Å². The number of piperidine rings is 1. The Morgan fingerprint density at radius 1 is 1.11 bits per heavy atom. The van der Waals surface area contributed by atoms with Gasteiger partial charge in [-0.15, -0.1) is 0 Å². The Bertz CT molecular complexity index is 969. The highest BCUT2D eigenvalue weighted by molar-refractivity contribution is 5.83. The number of aliphatic carboxylic acids is 1. The number of fused-ring (bicyclic) bond motifs is 1. The lowest BCUT2D eigenvalue weighted by Gasteiger charge is -2.37. The van der Waals surface area contributed by atoms with Crippen LogP contribution in [-0.4, -0.2) is 34.0 Å². The summed E-state index contributed by atoms with van der Waals surface area (Å²) in [4.78, 5) is 18.7. The van der Waals surface area contributed by atoms with E-state index in [2.05, 4.69) is 41.3 Å². The summed E-state index contributed by atoms with van der Waals surface area (Å²) in [6.45, 7) is 3.44. The van der Waals surface area contributed by atoms with Gasteiger partial charge in [0.2, 0.25) is 0 Å². The molecule has 4 rings (SSSR count). The summed E-state index contributed by atoms with van der Waals surface area (Å²) in [6.07, 6.45) is 1.64. The molecule has 2 atom stereocenters. The van der Waals surface area contributed by atoms with Crippen molar-refractivity contribution in [2.45, 2.75) is 25.8 Å². The van der Waals surface area contributed by atoms with E-state index in [9.17, 15) is 9.90 Å². The van der Waals surface area contributed by atoms with Gasteiger partial charge >= 0.3 is 5.97 Å². The monoisotopic (exact) mass is 360 g/mol. The van der Waals surface area contributed by atoms with E-state index in [1.54, 1.807) is 0 Å². The molecule has 4 nitrogen and oxygen atoms in total. The zero-order chi connectivity index (χ0) is 18.8. The van der Waals surface area contributed by atoms with Gasteiger partial charge in [0, 0.05) is 12.2 Å². The largest absolute Gasteiger partial charge is 0.481 e. The quantitative estimate of drug-likeness (QED) is 0.748. The first kappa shape index (κ1) is 17.7. The maximum atomic E-state index is 11.6. The predicted octanol–water partition coefficient (Wildman–Crippen LogP) is 4.43. The van der Waals surface area contributed by atoms with Crippen molar-refractivity contribution >= 4 is 16.7 Å². The van der Waals surface area contributed by atoms with E-state index >= 15 is 0 Å². The summed E-state index contributed by atoms with van der Waals surface area (Å²) < 4.78 is 0. The molecular weight excluding hydrogens is 336 g/mol. The summed E-state index contributed by atoms with van der Waals surface area (Å²) in [7, 11) is 0. The molecule has 138 valence electrons. The lowest BCUT2D eigenvalue weighted by atomic mass is 9.92. The Balaban J connectivity index is 1.78. The van der Waals surface area contributed by atoms with Gasteiger partial charge in [0.15, 0.2) is 0 Å². The van der Waals surface area contributed by atoms with Crippen LogP contribution in [0.15, 0.2) is 60.7 Å². The van der Waals surface area contributed by atoms with Gasteiger partial charge in [-0.3, -0.25) is 14.7 Å². The Morgan fingerprint density at radius 2 is 1.93 bits per heavy atom. The molecule has 0 bridgehead atoms. The van der Waals surface area contributed by atoms with Crippen molar-refractivity contribution in [3.05, 3.63) is 77.6 Å². The molecule has 27 heavy (non-hydrogen) atoms. The SMILES string of the molecule is Cc1cccc(C(c2ccc3ccccc3c2)N2CCCC(C(=O)O)C2)n1. The van der Waals surface area contributed by atoms with Crippen molar-refractivity contribution in [2.24, 2.45) is 5.92 Å². The van der Waals surface area contributed by atoms with E-state index in [1.807, 2.05) is 31.2 Å². The molecule has 1 aliphatic heterocycles. The molecule has 0 radical (unpaired) electrons. The molecular formula is C23H24N2O2. The third-order valence-electron chi connectivity index (χ3n) is 5.45. The number of pyridine rings is 1. The first-order valence-electron chi connectivity index (χ1n) is 9.51. The third-order valence-corrected chi connectivity index (χ3v) is 5.45. The number of carbonyl (C=O) groups is 1. The predicted molar refractivity (Wildman–Crippen MR) is 107 cm³/mol. The first-order valence-corrected chi connectivity index (χ1v) is 9.51. The van der Waals surface area contributed by atoms with E-state index in [0.29, 0.717) is 6.54 Å². The van der Waals surface area contributed by atoms with Crippen molar-refractivity contribution in [3.8, 4) is 0 Å². The summed E-state index contributed by atoms with van der Waals surface area (Å²) in [5.74, 6) is -1.01. The van der Waals surface area contributed by atoms with Gasteiger partial charge in [0.25, 0.3) is 0 Å². The van der Waals surface area contributed by atoms with Crippen molar-refractivity contribution in [2.75, 3.05) is 13.1 Å². The molecule has 3 aromatic rings. The smallest absolute Gasteiger partial charge is 0.307 e. The highest BCUT2D eigenvalue weighted by Gasteiger charge is 2.32. The van der Waals surface area contributed by atoms with E-state index in [4.69, 9.17) is 4.98 Å². The Labute approximate surface area is 159 Å². The molecule has 1 N–H and O–H groups in total. The maximum Gasteiger partial charge on any atom is 0.307 e. The number of hydrogen-bond acceptors (Lipinski definition) is 3. The van der Waals surface area contributed by atoms with E-state index in [0.717, 1.165) is 36.3 Å². The minimum atomic E-state index is -0.700. The number of aryl methyl sites for hydroxylation is 1. The summed E-state index contributed by atoms with van der Waals surface area (Å²) in [5.41, 5.74) is 3.12. The standard InChI is InChI=1S/C23H24N2O2/c1-16-6-4-10-21(24-16)22(25-13-5-9-20(15-25)23(26)27)19-12-11-17-7-2-3-8-18(17)14-19/h2-4,6-8,10-12,14,20,22H,5,9,13,15H2,1H3,(H,26,27). The van der Waals surface area contributed by atoms with Gasteiger partial charge in [0.05, 0.1) is 17.7 Å². The molecule has 4 heteroatoms. The van der Waals surface area contributed by atoms with Crippen molar-refractivity contribution < 1.29 is 9.90 Å². The molecule has 1 fully saturated rings. The van der Waals surface area contributed by atoms with Crippen LogP contribution in [0, 0.1) is 12.8 Å². The summed E-state index contributed by atoms with van der Waals surface area (Å²) in [5, 5.41) is 11.9. The molecule has 1 saturated heterocycles. The van der Waals surface area contributed by atoms with E-state index in [-0.39, 0.29) is 12.0 Å². The molecule has 2 unspecified atom stereocenters. The molecule has 1 aliphatic rings. The number of hydrogen-bond donors (Lipinski definition) is 1. The van der Waals surface area contributed by atoms with Gasteiger partial charge in [-0.05, 0) is 60.8 Å². The molecule has 2 aromatic carbocycles. The third kappa shape index (κ3) is 3.71. The highest BCUT2D eigenvalue weighted by Crippen LogP contribution is 2.33. The average molecular weight is 360 g/mol. The molecule has 0 spiro atoms. The fraction of sp³-hybridized carbons (Fsp3) is 0.304. The van der Waals surface area contributed by atoms with Crippen LogP contribution >= 0.6 is 0 Å². The summed E-state index contributed by atoms with van der Waals surface area (Å²) >= 11 is 0. The molecule has 0 aliphatic carbocycles. The van der Waals surface area contributed by atoms with E-state index < -0.39 is 5.97 Å².